The lowest BCUT2D eigenvalue weighted by molar-refractivity contribution is -0.137. The van der Waals surface area contributed by atoms with Crippen molar-refractivity contribution in [1.29, 1.82) is 0 Å². The van der Waals surface area contributed by atoms with Crippen LogP contribution in [0.3, 0.4) is 0 Å². The fourth-order valence-electron chi connectivity index (χ4n) is 2.83. The van der Waals surface area contributed by atoms with Crippen LogP contribution in [0.1, 0.15) is 16.8 Å². The largest absolute Gasteiger partial charge is 0.417 e. The number of pyridine rings is 2. The fraction of sp³-hybridized carbons (Fsp3) is 0.150. The Morgan fingerprint density at radius 1 is 1.18 bits per heavy atom. The zero-order valence-electron chi connectivity index (χ0n) is 17.3. The Morgan fingerprint density at radius 3 is 2.56 bits per heavy atom. The summed E-state index contributed by atoms with van der Waals surface area (Å²) in [6, 6.07) is 6.52. The van der Waals surface area contributed by atoms with Crippen molar-refractivity contribution < 1.29 is 26.3 Å². The Balaban J connectivity index is 2.12. The molecule has 14 heteroatoms. The molecule has 0 aliphatic heterocycles. The zero-order chi connectivity index (χ0) is 25.1. The second kappa shape index (κ2) is 10.1. The number of alkyl halides is 3. The lowest BCUT2D eigenvalue weighted by Gasteiger charge is -2.16. The number of sulfonamides is 1. The minimum atomic E-state index is -4.85. The fourth-order valence-corrected chi connectivity index (χ4v) is 4.29. The van der Waals surface area contributed by atoms with Gasteiger partial charge in [0.2, 0.25) is 0 Å². The molecule has 2 aromatic heterocycles. The summed E-state index contributed by atoms with van der Waals surface area (Å²) >= 11 is 11.6. The monoisotopic (exact) mass is 533 g/mol. The van der Waals surface area contributed by atoms with Crippen molar-refractivity contribution in [1.82, 2.24) is 9.97 Å². The van der Waals surface area contributed by atoms with Crippen LogP contribution < -0.4 is 10.5 Å². The summed E-state index contributed by atoms with van der Waals surface area (Å²) in [6.07, 6.45) is -2.18. The van der Waals surface area contributed by atoms with E-state index in [1.807, 2.05) is 0 Å². The van der Waals surface area contributed by atoms with Crippen LogP contribution in [-0.4, -0.2) is 37.9 Å². The van der Waals surface area contributed by atoms with E-state index in [2.05, 4.69) is 19.7 Å². The van der Waals surface area contributed by atoms with Crippen molar-refractivity contribution in [2.24, 2.45) is 4.99 Å². The van der Waals surface area contributed by atoms with Gasteiger partial charge < -0.3 is 10.5 Å². The normalized spacial score (nSPS) is 12.6. The first-order chi connectivity index (χ1) is 15.9. The van der Waals surface area contributed by atoms with Crippen LogP contribution in [0.25, 0.3) is 0 Å². The van der Waals surface area contributed by atoms with Gasteiger partial charge in [-0.3, -0.25) is 14.7 Å². The number of benzene rings is 1. The van der Waals surface area contributed by atoms with E-state index in [9.17, 15) is 21.6 Å². The molecule has 3 N–H and O–H groups in total. The molecule has 8 nitrogen and oxygen atoms in total. The third-order valence-electron chi connectivity index (χ3n) is 4.28. The van der Waals surface area contributed by atoms with E-state index in [1.54, 1.807) is 6.07 Å². The predicted molar refractivity (Wildman–Crippen MR) is 123 cm³/mol. The molecule has 0 amide bonds. The van der Waals surface area contributed by atoms with Crippen molar-refractivity contribution in [3.63, 3.8) is 0 Å². The molecule has 3 rings (SSSR count). The van der Waals surface area contributed by atoms with Crippen LogP contribution in [0, 0.1) is 0 Å². The third-order valence-corrected chi connectivity index (χ3v) is 6.18. The number of halogens is 5. The molecule has 3 aromatic rings. The number of rotatable bonds is 7. The van der Waals surface area contributed by atoms with E-state index < -0.39 is 31.7 Å². The van der Waals surface area contributed by atoms with Crippen molar-refractivity contribution in [2.45, 2.75) is 11.1 Å². The lowest BCUT2D eigenvalue weighted by atomic mass is 10.1. The van der Waals surface area contributed by atoms with Gasteiger partial charge in [-0.15, -0.1) is 0 Å². The summed E-state index contributed by atoms with van der Waals surface area (Å²) in [5, 5.41) is -0.574. The van der Waals surface area contributed by atoms with Gasteiger partial charge in [-0.2, -0.15) is 13.2 Å². The van der Waals surface area contributed by atoms with E-state index in [-0.39, 0.29) is 34.7 Å². The zero-order valence-corrected chi connectivity index (χ0v) is 19.6. The summed E-state index contributed by atoms with van der Waals surface area (Å²) in [7, 11) is -3.12. The summed E-state index contributed by atoms with van der Waals surface area (Å²) in [6.45, 7) is -0.111. The third kappa shape index (κ3) is 5.95. The van der Waals surface area contributed by atoms with Gasteiger partial charge in [0.05, 0.1) is 31.9 Å². The standard InChI is InChI=1S/C20H16Cl2F3N5O3S/c1-33-10-29-18(11-4-5-27-17(26)6-11)19-16(7-12(21)9-28-19)30-34(31,32)13-2-3-15(22)14(8-13)20(23,24)25/h2-9,30H,10H2,1H3,(H2,26,27). The van der Waals surface area contributed by atoms with Gasteiger partial charge in [-0.05, 0) is 36.4 Å². The van der Waals surface area contributed by atoms with Crippen LogP contribution in [0.15, 0.2) is 58.7 Å². The average Bonchev–Trinajstić information content (AvgIpc) is 2.74. The molecule has 0 aliphatic rings. The first kappa shape index (κ1) is 25.7. The summed E-state index contributed by atoms with van der Waals surface area (Å²) in [4.78, 5) is 11.7. The molecule has 180 valence electrons. The summed E-state index contributed by atoms with van der Waals surface area (Å²) in [5.41, 5.74) is 4.96. The average molecular weight is 534 g/mol. The van der Waals surface area contributed by atoms with Crippen LogP contribution in [0.4, 0.5) is 24.7 Å². The van der Waals surface area contributed by atoms with Gasteiger partial charge in [-0.1, -0.05) is 23.2 Å². The van der Waals surface area contributed by atoms with Gasteiger partial charge in [0.1, 0.15) is 18.2 Å². The Labute approximate surface area is 202 Å². The quantitative estimate of drug-likeness (QED) is 0.427. The highest BCUT2D eigenvalue weighted by Gasteiger charge is 2.34. The highest BCUT2D eigenvalue weighted by molar-refractivity contribution is 7.92. The SMILES string of the molecule is COCN=C(c1ccnc(N)c1)c1ncc(Cl)cc1NS(=O)(=O)c1ccc(Cl)c(C(F)(F)F)c1. The van der Waals surface area contributed by atoms with Crippen molar-refractivity contribution in [2.75, 3.05) is 24.3 Å². The molecule has 0 bridgehead atoms. The van der Waals surface area contributed by atoms with E-state index in [0.717, 1.165) is 12.1 Å². The van der Waals surface area contributed by atoms with Gasteiger partial charge in [0.25, 0.3) is 10.0 Å². The summed E-state index contributed by atoms with van der Waals surface area (Å²) in [5.74, 6) is 0.166. The molecule has 0 unspecified atom stereocenters. The van der Waals surface area contributed by atoms with Crippen LogP contribution in [0.2, 0.25) is 10.0 Å². The number of aromatic nitrogens is 2. The molecule has 34 heavy (non-hydrogen) atoms. The molecular weight excluding hydrogens is 518 g/mol. The smallest absolute Gasteiger partial charge is 0.384 e. The molecule has 0 atom stereocenters. The Bertz CT molecular complexity index is 1350. The Hall–Kier alpha value is -2.93. The van der Waals surface area contributed by atoms with E-state index in [1.165, 1.54) is 31.6 Å². The number of nitrogens with zero attached hydrogens (tertiary/aromatic N) is 3. The van der Waals surface area contributed by atoms with Gasteiger partial charge in [0, 0.05) is 25.1 Å². The van der Waals surface area contributed by atoms with E-state index >= 15 is 0 Å². The number of hydrogen-bond acceptors (Lipinski definition) is 7. The number of methoxy groups -OCH3 is 1. The molecule has 0 spiro atoms. The highest BCUT2D eigenvalue weighted by Crippen LogP contribution is 2.36. The van der Waals surface area contributed by atoms with Gasteiger partial charge in [0.15, 0.2) is 0 Å². The first-order valence-corrected chi connectivity index (χ1v) is 11.5. The number of aliphatic imine (C=N–C) groups is 1. The maximum absolute atomic E-state index is 13.2. The predicted octanol–water partition coefficient (Wildman–Crippen LogP) is 4.63. The highest BCUT2D eigenvalue weighted by atomic mass is 35.5. The number of nitrogens with two attached hydrogens (primary N) is 1. The molecule has 1 aromatic carbocycles. The number of ether oxygens (including phenoxy) is 1. The maximum atomic E-state index is 13.2. The maximum Gasteiger partial charge on any atom is 0.417 e. The number of anilines is 2. The van der Waals surface area contributed by atoms with Gasteiger partial charge >= 0.3 is 6.18 Å². The number of nitrogen functional groups attached to an aromatic ring is 1. The first-order valence-electron chi connectivity index (χ1n) is 9.23. The molecule has 0 aliphatic carbocycles. The van der Waals surface area contributed by atoms with Gasteiger partial charge in [-0.25, -0.2) is 13.4 Å². The number of nitrogens with one attached hydrogen (secondary N) is 1. The second-order valence-corrected chi connectivity index (χ2v) is 9.21. The molecular formula is C20H16Cl2F3N5O3S. The summed E-state index contributed by atoms with van der Waals surface area (Å²) < 4.78 is 72.9. The van der Waals surface area contributed by atoms with E-state index in [4.69, 9.17) is 33.7 Å². The Morgan fingerprint density at radius 2 is 1.91 bits per heavy atom. The van der Waals surface area contributed by atoms with Crippen molar-refractivity contribution in [3.05, 3.63) is 75.7 Å². The van der Waals surface area contributed by atoms with Crippen molar-refractivity contribution >= 4 is 50.4 Å². The van der Waals surface area contributed by atoms with Crippen molar-refractivity contribution in [3.8, 4) is 0 Å². The van der Waals surface area contributed by atoms with E-state index in [0.29, 0.717) is 11.6 Å². The molecule has 0 radical (unpaired) electrons. The number of hydrogen-bond donors (Lipinski definition) is 2. The molecule has 0 saturated carbocycles. The molecule has 2 heterocycles. The molecule has 0 fully saturated rings. The van der Waals surface area contributed by atoms with Crippen LogP contribution in [0.5, 0.6) is 0 Å². The second-order valence-electron chi connectivity index (χ2n) is 6.69. The van der Waals surface area contributed by atoms with Crippen LogP contribution in [-0.2, 0) is 20.9 Å². The minimum absolute atomic E-state index is 0.0284. The molecule has 0 saturated heterocycles. The van der Waals surface area contributed by atoms with Crippen LogP contribution >= 0.6 is 23.2 Å². The topological polar surface area (TPSA) is 120 Å². The Kier molecular flexibility index (Phi) is 7.66. The minimum Gasteiger partial charge on any atom is -0.384 e. The lowest BCUT2D eigenvalue weighted by Crippen LogP contribution is -2.19.